The zero-order valence-electron chi connectivity index (χ0n) is 9.41. The zero-order valence-corrected chi connectivity index (χ0v) is 11.0. The van der Waals surface area contributed by atoms with Crippen molar-refractivity contribution in [1.29, 1.82) is 0 Å². The third-order valence-corrected chi connectivity index (χ3v) is 3.79. The van der Waals surface area contributed by atoms with E-state index in [0.717, 1.165) is 4.90 Å². The van der Waals surface area contributed by atoms with Gasteiger partial charge in [0.2, 0.25) is 11.8 Å². The molecule has 1 saturated heterocycles. The van der Waals surface area contributed by atoms with Gasteiger partial charge in [-0.05, 0) is 34.1 Å². The fourth-order valence-corrected chi connectivity index (χ4v) is 2.26. The Morgan fingerprint density at radius 3 is 2.24 bits per heavy atom. The number of carbonyl (C=O) groups is 2. The van der Waals surface area contributed by atoms with Crippen molar-refractivity contribution in [3.05, 3.63) is 28.5 Å². The molecular formula is C12H11BrFNO2. The summed E-state index contributed by atoms with van der Waals surface area (Å²) in [6.45, 7) is 3.41. The van der Waals surface area contributed by atoms with Gasteiger partial charge in [0.15, 0.2) is 0 Å². The number of imide groups is 1. The lowest BCUT2D eigenvalue weighted by molar-refractivity contribution is -0.122. The second-order valence-corrected chi connectivity index (χ2v) is 5.04. The number of halogens is 2. The van der Waals surface area contributed by atoms with Crippen LogP contribution in [0.2, 0.25) is 0 Å². The van der Waals surface area contributed by atoms with Crippen LogP contribution in [0, 0.1) is 17.7 Å². The van der Waals surface area contributed by atoms with Crippen LogP contribution in [0.25, 0.3) is 0 Å². The summed E-state index contributed by atoms with van der Waals surface area (Å²) in [6.07, 6.45) is 0. The molecule has 2 unspecified atom stereocenters. The second-order valence-electron chi connectivity index (χ2n) is 4.18. The molecule has 1 heterocycles. The fraction of sp³-hybridized carbons (Fsp3) is 0.333. The van der Waals surface area contributed by atoms with Crippen LogP contribution in [0.3, 0.4) is 0 Å². The van der Waals surface area contributed by atoms with Gasteiger partial charge in [-0.15, -0.1) is 0 Å². The first-order chi connectivity index (χ1) is 7.93. The Labute approximate surface area is 107 Å². The Bertz CT molecular complexity index is 483. The summed E-state index contributed by atoms with van der Waals surface area (Å²) in [4.78, 5) is 25.0. The molecule has 2 amide bonds. The van der Waals surface area contributed by atoms with E-state index in [4.69, 9.17) is 0 Å². The highest BCUT2D eigenvalue weighted by Gasteiger charge is 2.43. The molecule has 1 fully saturated rings. The highest BCUT2D eigenvalue weighted by Crippen LogP contribution is 2.35. The van der Waals surface area contributed by atoms with Crippen molar-refractivity contribution >= 4 is 33.4 Å². The van der Waals surface area contributed by atoms with E-state index < -0.39 is 5.82 Å². The van der Waals surface area contributed by atoms with Gasteiger partial charge < -0.3 is 0 Å². The number of carbonyl (C=O) groups excluding carboxylic acids is 2. The number of anilines is 1. The molecule has 0 spiro atoms. The standard InChI is InChI=1S/C12H11BrFNO2/c1-6-7(2)12(17)15(11(6)16)10-5-8(14)3-4-9(10)13/h3-7H,1-2H3. The lowest BCUT2D eigenvalue weighted by Gasteiger charge is -2.16. The summed E-state index contributed by atoms with van der Waals surface area (Å²) < 4.78 is 13.7. The van der Waals surface area contributed by atoms with E-state index in [-0.39, 0.29) is 29.3 Å². The van der Waals surface area contributed by atoms with Crippen molar-refractivity contribution in [2.45, 2.75) is 13.8 Å². The van der Waals surface area contributed by atoms with Crippen LogP contribution in [-0.4, -0.2) is 11.8 Å². The molecule has 0 N–H and O–H groups in total. The summed E-state index contributed by atoms with van der Waals surface area (Å²) >= 11 is 3.22. The largest absolute Gasteiger partial charge is 0.274 e. The van der Waals surface area contributed by atoms with Gasteiger partial charge in [-0.1, -0.05) is 13.8 Å². The van der Waals surface area contributed by atoms with Gasteiger partial charge in [0.1, 0.15) is 5.82 Å². The highest BCUT2D eigenvalue weighted by molar-refractivity contribution is 9.10. The molecular weight excluding hydrogens is 289 g/mol. The van der Waals surface area contributed by atoms with Crippen molar-refractivity contribution in [1.82, 2.24) is 0 Å². The number of amides is 2. The summed E-state index contributed by atoms with van der Waals surface area (Å²) in [5, 5.41) is 0. The van der Waals surface area contributed by atoms with E-state index in [9.17, 15) is 14.0 Å². The first-order valence-corrected chi connectivity index (χ1v) is 6.05. The second kappa shape index (κ2) is 4.22. The normalized spacial score (nSPS) is 24.6. The average Bonchev–Trinajstić information content (AvgIpc) is 2.48. The Balaban J connectivity index is 2.50. The summed E-state index contributed by atoms with van der Waals surface area (Å²) in [5.41, 5.74) is 0.274. The van der Waals surface area contributed by atoms with Crippen LogP contribution >= 0.6 is 15.9 Å². The topological polar surface area (TPSA) is 37.4 Å². The Morgan fingerprint density at radius 2 is 1.71 bits per heavy atom. The minimum Gasteiger partial charge on any atom is -0.274 e. The van der Waals surface area contributed by atoms with Crippen molar-refractivity contribution in [3.8, 4) is 0 Å². The number of hydrogen-bond donors (Lipinski definition) is 0. The SMILES string of the molecule is CC1C(=O)N(c2cc(F)ccc2Br)C(=O)C1C. The molecule has 2 rings (SSSR count). The van der Waals surface area contributed by atoms with Gasteiger partial charge >= 0.3 is 0 Å². The molecule has 1 aromatic carbocycles. The van der Waals surface area contributed by atoms with Gasteiger partial charge in [0.25, 0.3) is 0 Å². The van der Waals surface area contributed by atoms with Crippen molar-refractivity contribution in [3.63, 3.8) is 0 Å². The highest BCUT2D eigenvalue weighted by atomic mass is 79.9. The van der Waals surface area contributed by atoms with Crippen LogP contribution in [0.1, 0.15) is 13.8 Å². The van der Waals surface area contributed by atoms with Crippen molar-refractivity contribution in [2.75, 3.05) is 4.90 Å². The third kappa shape index (κ3) is 1.88. The van der Waals surface area contributed by atoms with Crippen molar-refractivity contribution < 1.29 is 14.0 Å². The number of benzene rings is 1. The molecule has 5 heteroatoms. The maximum Gasteiger partial charge on any atom is 0.237 e. The van der Waals surface area contributed by atoms with E-state index in [1.165, 1.54) is 18.2 Å². The molecule has 1 aromatic rings. The molecule has 0 aliphatic carbocycles. The van der Waals surface area contributed by atoms with E-state index in [1.54, 1.807) is 13.8 Å². The van der Waals surface area contributed by atoms with Gasteiger partial charge in [-0.2, -0.15) is 0 Å². The lowest BCUT2D eigenvalue weighted by atomic mass is 10.00. The third-order valence-electron chi connectivity index (χ3n) is 3.12. The molecule has 0 aromatic heterocycles. The number of hydrogen-bond acceptors (Lipinski definition) is 2. The average molecular weight is 300 g/mol. The summed E-state index contributed by atoms with van der Waals surface area (Å²) in [7, 11) is 0. The Kier molecular flexibility index (Phi) is 3.03. The van der Waals surface area contributed by atoms with Gasteiger partial charge in [0.05, 0.1) is 5.69 Å². The van der Waals surface area contributed by atoms with Crippen LogP contribution in [-0.2, 0) is 9.59 Å². The zero-order chi connectivity index (χ0) is 12.7. The van der Waals surface area contributed by atoms with Crippen molar-refractivity contribution in [2.24, 2.45) is 11.8 Å². The molecule has 3 nitrogen and oxygen atoms in total. The van der Waals surface area contributed by atoms with Gasteiger partial charge in [-0.25, -0.2) is 9.29 Å². The number of rotatable bonds is 1. The maximum absolute atomic E-state index is 13.2. The molecule has 0 bridgehead atoms. The molecule has 90 valence electrons. The first-order valence-electron chi connectivity index (χ1n) is 5.26. The quantitative estimate of drug-likeness (QED) is 0.748. The van der Waals surface area contributed by atoms with E-state index in [0.29, 0.717) is 4.47 Å². The van der Waals surface area contributed by atoms with E-state index >= 15 is 0 Å². The van der Waals surface area contributed by atoms with E-state index in [2.05, 4.69) is 15.9 Å². The minimum absolute atomic E-state index is 0.274. The Hall–Kier alpha value is -1.23. The minimum atomic E-state index is -0.476. The lowest BCUT2D eigenvalue weighted by Crippen LogP contribution is -2.31. The summed E-state index contributed by atoms with van der Waals surface area (Å²) in [6, 6.07) is 3.94. The van der Waals surface area contributed by atoms with Crippen LogP contribution in [0.15, 0.2) is 22.7 Å². The first kappa shape index (κ1) is 12.2. The monoisotopic (exact) mass is 299 g/mol. The predicted octanol–water partition coefficient (Wildman–Crippen LogP) is 2.73. The summed E-state index contributed by atoms with van der Waals surface area (Å²) in [5.74, 6) is -1.77. The fourth-order valence-electron chi connectivity index (χ4n) is 1.84. The Morgan fingerprint density at radius 1 is 1.18 bits per heavy atom. The van der Waals surface area contributed by atoms with Crippen LogP contribution in [0.5, 0.6) is 0 Å². The molecule has 2 atom stereocenters. The molecule has 1 aliphatic rings. The van der Waals surface area contributed by atoms with E-state index in [1.807, 2.05) is 0 Å². The van der Waals surface area contributed by atoms with Crippen LogP contribution in [0.4, 0.5) is 10.1 Å². The molecule has 0 radical (unpaired) electrons. The molecule has 1 aliphatic heterocycles. The smallest absolute Gasteiger partial charge is 0.237 e. The van der Waals surface area contributed by atoms with Gasteiger partial charge in [-0.3, -0.25) is 9.59 Å². The number of nitrogens with zero attached hydrogens (tertiary/aromatic N) is 1. The predicted molar refractivity (Wildman–Crippen MR) is 64.9 cm³/mol. The van der Waals surface area contributed by atoms with Crippen LogP contribution < -0.4 is 4.90 Å². The maximum atomic E-state index is 13.2. The molecule has 0 saturated carbocycles. The van der Waals surface area contributed by atoms with Gasteiger partial charge in [0, 0.05) is 16.3 Å². The molecule has 17 heavy (non-hydrogen) atoms.